The third-order valence-corrected chi connectivity index (χ3v) is 4.22. The molecule has 0 aromatic heterocycles. The fourth-order valence-corrected chi connectivity index (χ4v) is 3.13. The maximum atomic E-state index is 11.3. The number of rotatable bonds is 3. The quantitative estimate of drug-likeness (QED) is 0.854. The predicted octanol–water partition coefficient (Wildman–Crippen LogP) is 4.21. The monoisotopic (exact) mass is 278 g/mol. The number of hydrogen-bond acceptors (Lipinski definition) is 1. The number of carboxylic acid groups (broad SMARTS) is 1. The van der Waals surface area contributed by atoms with Gasteiger partial charge in [-0.1, -0.05) is 72.8 Å². The van der Waals surface area contributed by atoms with E-state index in [1.807, 2.05) is 42.5 Å². The molecule has 0 aliphatic heterocycles. The summed E-state index contributed by atoms with van der Waals surface area (Å²) in [5.74, 6) is -0.683. The van der Waals surface area contributed by atoms with Crippen molar-refractivity contribution in [2.24, 2.45) is 5.92 Å². The van der Waals surface area contributed by atoms with E-state index in [0.29, 0.717) is 6.42 Å². The second kappa shape index (κ2) is 5.96. The number of carbonyl (C=O) groups is 1. The van der Waals surface area contributed by atoms with E-state index in [0.717, 1.165) is 0 Å². The van der Waals surface area contributed by atoms with Gasteiger partial charge in [-0.05, 0) is 23.5 Å². The Hall–Kier alpha value is -2.35. The van der Waals surface area contributed by atoms with E-state index >= 15 is 0 Å². The molecular formula is C19H18O2. The van der Waals surface area contributed by atoms with Crippen molar-refractivity contribution in [3.05, 3.63) is 83.9 Å². The van der Waals surface area contributed by atoms with Gasteiger partial charge in [-0.2, -0.15) is 0 Å². The molecule has 0 heterocycles. The van der Waals surface area contributed by atoms with Crippen molar-refractivity contribution in [2.75, 3.05) is 0 Å². The first kappa shape index (κ1) is 13.6. The second-order valence-corrected chi connectivity index (χ2v) is 5.52. The average molecular weight is 278 g/mol. The van der Waals surface area contributed by atoms with E-state index in [4.69, 9.17) is 0 Å². The molecule has 1 aliphatic carbocycles. The number of allylic oxidation sites excluding steroid dienone is 1. The average Bonchev–Trinajstić information content (AvgIpc) is 2.56. The van der Waals surface area contributed by atoms with Crippen LogP contribution in [-0.4, -0.2) is 11.1 Å². The lowest BCUT2D eigenvalue weighted by atomic mass is 9.72. The summed E-state index contributed by atoms with van der Waals surface area (Å²) < 4.78 is 0. The highest BCUT2D eigenvalue weighted by atomic mass is 16.4. The lowest BCUT2D eigenvalue weighted by Crippen LogP contribution is -2.23. The Morgan fingerprint density at radius 2 is 1.43 bits per heavy atom. The van der Waals surface area contributed by atoms with E-state index in [-0.39, 0.29) is 11.8 Å². The molecule has 0 saturated carbocycles. The van der Waals surface area contributed by atoms with Crippen LogP contribution >= 0.6 is 0 Å². The molecule has 0 saturated heterocycles. The molecule has 3 rings (SSSR count). The summed E-state index contributed by atoms with van der Waals surface area (Å²) in [6, 6.07) is 20.5. The molecule has 2 aromatic rings. The summed E-state index contributed by atoms with van der Waals surface area (Å²) in [7, 11) is 0. The Kier molecular flexibility index (Phi) is 3.87. The van der Waals surface area contributed by atoms with E-state index in [9.17, 15) is 9.90 Å². The molecule has 1 aliphatic rings. The van der Waals surface area contributed by atoms with Crippen molar-refractivity contribution in [1.29, 1.82) is 0 Å². The van der Waals surface area contributed by atoms with Crippen LogP contribution in [0.5, 0.6) is 0 Å². The van der Waals surface area contributed by atoms with Crippen molar-refractivity contribution in [3.8, 4) is 0 Å². The molecular weight excluding hydrogens is 260 g/mol. The van der Waals surface area contributed by atoms with E-state index in [1.54, 1.807) is 0 Å². The predicted molar refractivity (Wildman–Crippen MR) is 83.2 cm³/mol. The number of hydrogen-bond donors (Lipinski definition) is 1. The van der Waals surface area contributed by atoms with Crippen LogP contribution in [0.25, 0.3) is 0 Å². The fourth-order valence-electron chi connectivity index (χ4n) is 3.13. The lowest BCUT2D eigenvalue weighted by molar-refractivity contribution is -0.140. The zero-order valence-electron chi connectivity index (χ0n) is 11.7. The number of carboxylic acids is 1. The van der Waals surface area contributed by atoms with Crippen LogP contribution in [0.1, 0.15) is 29.4 Å². The SMILES string of the molecule is O=C(O)C1C=CC(c2ccccc2)C(c2ccccc2)C1. The maximum Gasteiger partial charge on any atom is 0.310 e. The second-order valence-electron chi connectivity index (χ2n) is 5.52. The van der Waals surface area contributed by atoms with Gasteiger partial charge < -0.3 is 5.11 Å². The van der Waals surface area contributed by atoms with Gasteiger partial charge in [0.15, 0.2) is 0 Å². The van der Waals surface area contributed by atoms with Crippen LogP contribution < -0.4 is 0 Å². The van der Waals surface area contributed by atoms with Crippen molar-refractivity contribution in [3.63, 3.8) is 0 Å². The van der Waals surface area contributed by atoms with Crippen LogP contribution in [0.4, 0.5) is 0 Å². The smallest absolute Gasteiger partial charge is 0.310 e. The molecule has 0 radical (unpaired) electrons. The Morgan fingerprint density at radius 1 is 0.857 bits per heavy atom. The highest BCUT2D eigenvalue weighted by Gasteiger charge is 2.31. The Balaban J connectivity index is 1.99. The fraction of sp³-hybridized carbons (Fsp3) is 0.211. The van der Waals surface area contributed by atoms with Gasteiger partial charge in [0.2, 0.25) is 0 Å². The van der Waals surface area contributed by atoms with Crippen molar-refractivity contribution in [2.45, 2.75) is 18.3 Å². The summed E-state index contributed by atoms with van der Waals surface area (Å²) in [6.45, 7) is 0. The van der Waals surface area contributed by atoms with Crippen LogP contribution in [0.15, 0.2) is 72.8 Å². The molecule has 0 bridgehead atoms. The standard InChI is InChI=1S/C19H18O2/c20-19(21)16-11-12-17(14-7-3-1-4-8-14)18(13-16)15-9-5-2-6-10-15/h1-12,16-18H,13H2,(H,20,21). The molecule has 2 nitrogen and oxygen atoms in total. The highest BCUT2D eigenvalue weighted by Crippen LogP contribution is 2.42. The molecule has 2 heteroatoms. The summed E-state index contributed by atoms with van der Waals surface area (Å²) in [5, 5.41) is 9.31. The van der Waals surface area contributed by atoms with Crippen LogP contribution in [0.3, 0.4) is 0 Å². The van der Waals surface area contributed by atoms with Crippen molar-refractivity contribution < 1.29 is 9.90 Å². The first-order chi connectivity index (χ1) is 10.3. The molecule has 3 unspecified atom stereocenters. The van der Waals surface area contributed by atoms with Gasteiger partial charge in [0, 0.05) is 5.92 Å². The zero-order valence-corrected chi connectivity index (χ0v) is 11.7. The van der Waals surface area contributed by atoms with E-state index < -0.39 is 11.9 Å². The highest BCUT2D eigenvalue weighted by molar-refractivity contribution is 5.72. The van der Waals surface area contributed by atoms with Gasteiger partial charge in [-0.15, -0.1) is 0 Å². The first-order valence-corrected chi connectivity index (χ1v) is 7.26. The largest absolute Gasteiger partial charge is 0.481 e. The van der Waals surface area contributed by atoms with Crippen LogP contribution in [-0.2, 0) is 4.79 Å². The van der Waals surface area contributed by atoms with Gasteiger partial charge in [0.25, 0.3) is 0 Å². The molecule has 0 spiro atoms. The molecule has 3 atom stereocenters. The van der Waals surface area contributed by atoms with E-state index in [1.165, 1.54) is 11.1 Å². The topological polar surface area (TPSA) is 37.3 Å². The van der Waals surface area contributed by atoms with Gasteiger partial charge >= 0.3 is 5.97 Å². The minimum Gasteiger partial charge on any atom is -0.481 e. The Morgan fingerprint density at radius 3 is 2.00 bits per heavy atom. The summed E-state index contributed by atoms with van der Waals surface area (Å²) in [5.41, 5.74) is 2.45. The van der Waals surface area contributed by atoms with Gasteiger partial charge in [0.05, 0.1) is 5.92 Å². The summed E-state index contributed by atoms with van der Waals surface area (Å²) in [4.78, 5) is 11.3. The summed E-state index contributed by atoms with van der Waals surface area (Å²) in [6.07, 6.45) is 4.56. The third kappa shape index (κ3) is 2.89. The van der Waals surface area contributed by atoms with Crippen molar-refractivity contribution in [1.82, 2.24) is 0 Å². The van der Waals surface area contributed by atoms with Gasteiger partial charge in [-0.25, -0.2) is 0 Å². The lowest BCUT2D eigenvalue weighted by Gasteiger charge is -2.31. The van der Waals surface area contributed by atoms with Crippen LogP contribution in [0.2, 0.25) is 0 Å². The first-order valence-electron chi connectivity index (χ1n) is 7.26. The molecule has 106 valence electrons. The molecule has 0 fully saturated rings. The molecule has 2 aromatic carbocycles. The van der Waals surface area contributed by atoms with Crippen LogP contribution in [0, 0.1) is 5.92 Å². The number of benzene rings is 2. The minimum atomic E-state index is -0.737. The summed E-state index contributed by atoms with van der Waals surface area (Å²) >= 11 is 0. The molecule has 0 amide bonds. The van der Waals surface area contributed by atoms with Gasteiger partial charge in [-0.3, -0.25) is 4.79 Å². The zero-order chi connectivity index (χ0) is 14.7. The Bertz CT molecular complexity index is 631. The van der Waals surface area contributed by atoms with Gasteiger partial charge in [0.1, 0.15) is 0 Å². The molecule has 21 heavy (non-hydrogen) atoms. The maximum absolute atomic E-state index is 11.3. The van der Waals surface area contributed by atoms with Crippen molar-refractivity contribution >= 4 is 5.97 Å². The minimum absolute atomic E-state index is 0.208. The molecule has 1 N–H and O–H groups in total. The Labute approximate surface area is 124 Å². The van der Waals surface area contributed by atoms with E-state index in [2.05, 4.69) is 30.3 Å². The third-order valence-electron chi connectivity index (χ3n) is 4.22. The number of aliphatic carboxylic acids is 1. The normalized spacial score (nSPS) is 24.7.